The summed E-state index contributed by atoms with van der Waals surface area (Å²) in [5.74, 6) is 1.75. The van der Waals surface area contributed by atoms with Crippen molar-refractivity contribution >= 4 is 5.78 Å². The highest BCUT2D eigenvalue weighted by Crippen LogP contribution is 2.60. The van der Waals surface area contributed by atoms with Gasteiger partial charge in [0, 0.05) is 11.8 Å². The van der Waals surface area contributed by atoms with Crippen molar-refractivity contribution in [2.75, 3.05) is 0 Å². The fourth-order valence-electron chi connectivity index (χ4n) is 4.97. The maximum atomic E-state index is 12.2. The van der Waals surface area contributed by atoms with Crippen LogP contribution in [0, 0.1) is 23.2 Å². The molecule has 4 heteroatoms. The Hall–Kier alpha value is -0.540. The van der Waals surface area contributed by atoms with Gasteiger partial charge in [0.2, 0.25) is 0 Å². The highest BCUT2D eigenvalue weighted by atomic mass is 19.4. The zero-order valence-electron chi connectivity index (χ0n) is 10.4. The molecule has 0 heterocycles. The van der Waals surface area contributed by atoms with Crippen molar-refractivity contribution in [2.24, 2.45) is 23.2 Å². The summed E-state index contributed by atoms with van der Waals surface area (Å²) < 4.78 is 36.7. The minimum Gasteiger partial charge on any atom is -0.299 e. The third-order valence-corrected chi connectivity index (χ3v) is 5.27. The largest absolute Gasteiger partial charge is 0.389 e. The van der Waals surface area contributed by atoms with Crippen LogP contribution < -0.4 is 0 Å². The van der Waals surface area contributed by atoms with Gasteiger partial charge in [0.1, 0.15) is 5.78 Å². The molecule has 4 bridgehead atoms. The molecule has 0 spiro atoms. The van der Waals surface area contributed by atoms with Crippen LogP contribution >= 0.6 is 0 Å². The quantitative estimate of drug-likeness (QED) is 0.746. The maximum absolute atomic E-state index is 12.2. The molecule has 4 aliphatic carbocycles. The normalized spacial score (nSPS) is 42.3. The van der Waals surface area contributed by atoms with Gasteiger partial charge in [-0.2, -0.15) is 13.2 Å². The Bertz CT molecular complexity index is 323. The molecule has 0 aliphatic heterocycles. The number of ketones is 1. The number of carbonyl (C=O) groups is 1. The van der Waals surface area contributed by atoms with Crippen LogP contribution in [0.4, 0.5) is 13.2 Å². The summed E-state index contributed by atoms with van der Waals surface area (Å²) in [6.45, 7) is 0. The first kappa shape index (κ1) is 12.5. The molecule has 0 amide bonds. The second-order valence-corrected chi connectivity index (χ2v) is 6.74. The average molecular weight is 260 g/mol. The van der Waals surface area contributed by atoms with E-state index in [1.54, 1.807) is 0 Å². The molecule has 0 aromatic heterocycles. The van der Waals surface area contributed by atoms with Crippen LogP contribution in [0.2, 0.25) is 0 Å². The SMILES string of the molecule is O=C(CCC(F)(F)F)C12CC3CC(CC(C3)C1)C2. The molecule has 1 nitrogen and oxygen atoms in total. The van der Waals surface area contributed by atoms with Gasteiger partial charge in [-0.25, -0.2) is 0 Å². The lowest BCUT2D eigenvalue weighted by molar-refractivity contribution is -0.156. The van der Waals surface area contributed by atoms with Gasteiger partial charge in [0.05, 0.1) is 6.42 Å². The lowest BCUT2D eigenvalue weighted by Crippen LogP contribution is -2.50. The molecule has 0 aromatic rings. The standard InChI is InChI=1S/C14H19F3O/c15-14(16,17)2-1-12(18)13-6-9-3-10(7-13)5-11(4-9)8-13/h9-11H,1-8H2. The maximum Gasteiger partial charge on any atom is 0.389 e. The Morgan fingerprint density at radius 2 is 1.44 bits per heavy atom. The number of halogens is 3. The highest BCUT2D eigenvalue weighted by Gasteiger charge is 2.54. The van der Waals surface area contributed by atoms with E-state index < -0.39 is 12.6 Å². The van der Waals surface area contributed by atoms with Crippen LogP contribution in [-0.2, 0) is 4.79 Å². The van der Waals surface area contributed by atoms with E-state index in [0.717, 1.165) is 19.3 Å². The molecule has 18 heavy (non-hydrogen) atoms. The third-order valence-electron chi connectivity index (χ3n) is 5.27. The summed E-state index contributed by atoms with van der Waals surface area (Å²) in [7, 11) is 0. The molecule has 4 fully saturated rings. The molecule has 0 N–H and O–H groups in total. The first-order valence-corrected chi connectivity index (χ1v) is 6.96. The fourth-order valence-corrected chi connectivity index (χ4v) is 4.97. The summed E-state index contributed by atoms with van der Waals surface area (Å²) in [6.07, 6.45) is 0.825. The lowest BCUT2D eigenvalue weighted by Gasteiger charge is -2.56. The van der Waals surface area contributed by atoms with Crippen LogP contribution in [0.3, 0.4) is 0 Å². The Labute approximate surface area is 105 Å². The van der Waals surface area contributed by atoms with Crippen molar-refractivity contribution in [3.63, 3.8) is 0 Å². The molecular formula is C14H19F3O. The van der Waals surface area contributed by atoms with Crippen molar-refractivity contribution in [1.29, 1.82) is 0 Å². The molecule has 0 unspecified atom stereocenters. The molecule has 4 rings (SSSR count). The number of rotatable bonds is 3. The average Bonchev–Trinajstić information content (AvgIpc) is 2.22. The summed E-state index contributed by atoms with van der Waals surface area (Å²) >= 11 is 0. The molecule has 0 radical (unpaired) electrons. The van der Waals surface area contributed by atoms with Gasteiger partial charge in [-0.05, 0) is 56.3 Å². The van der Waals surface area contributed by atoms with Crippen LogP contribution in [0.25, 0.3) is 0 Å². The monoisotopic (exact) mass is 260 g/mol. The number of hydrogen-bond acceptors (Lipinski definition) is 1. The van der Waals surface area contributed by atoms with Crippen LogP contribution in [0.5, 0.6) is 0 Å². The number of Topliss-reactive ketones (excluding diaryl/α,β-unsaturated/α-hetero) is 1. The van der Waals surface area contributed by atoms with E-state index in [1.807, 2.05) is 0 Å². The number of carbonyl (C=O) groups excluding carboxylic acids is 1. The Morgan fingerprint density at radius 3 is 1.83 bits per heavy atom. The van der Waals surface area contributed by atoms with Crippen molar-refractivity contribution in [1.82, 2.24) is 0 Å². The molecule has 4 aliphatic rings. The topological polar surface area (TPSA) is 17.1 Å². The molecule has 0 atom stereocenters. The van der Waals surface area contributed by atoms with E-state index in [4.69, 9.17) is 0 Å². The van der Waals surface area contributed by atoms with E-state index >= 15 is 0 Å². The molecule has 102 valence electrons. The van der Waals surface area contributed by atoms with Gasteiger partial charge in [0.15, 0.2) is 0 Å². The predicted octanol–water partition coefficient (Wildman–Crippen LogP) is 4.11. The van der Waals surface area contributed by atoms with E-state index in [0.29, 0.717) is 17.8 Å². The minimum absolute atomic E-state index is 0.0982. The van der Waals surface area contributed by atoms with E-state index in [2.05, 4.69) is 0 Å². The van der Waals surface area contributed by atoms with Gasteiger partial charge in [-0.15, -0.1) is 0 Å². The lowest BCUT2D eigenvalue weighted by atomic mass is 9.48. The van der Waals surface area contributed by atoms with Crippen molar-refractivity contribution < 1.29 is 18.0 Å². The zero-order valence-corrected chi connectivity index (χ0v) is 10.4. The van der Waals surface area contributed by atoms with E-state index in [9.17, 15) is 18.0 Å². The fraction of sp³-hybridized carbons (Fsp3) is 0.929. The van der Waals surface area contributed by atoms with Crippen LogP contribution in [0.15, 0.2) is 0 Å². The highest BCUT2D eigenvalue weighted by molar-refractivity contribution is 5.85. The predicted molar refractivity (Wildman–Crippen MR) is 60.9 cm³/mol. The van der Waals surface area contributed by atoms with E-state index in [1.165, 1.54) is 19.3 Å². The first-order chi connectivity index (χ1) is 8.36. The van der Waals surface area contributed by atoms with Crippen molar-refractivity contribution in [3.05, 3.63) is 0 Å². The first-order valence-electron chi connectivity index (χ1n) is 6.96. The Morgan fingerprint density at radius 1 is 1.00 bits per heavy atom. The summed E-state index contributed by atoms with van der Waals surface area (Å²) in [6, 6.07) is 0. The minimum atomic E-state index is -4.20. The Kier molecular flexibility index (Phi) is 2.76. The second-order valence-electron chi connectivity index (χ2n) is 6.74. The molecule has 0 saturated heterocycles. The number of hydrogen-bond donors (Lipinski definition) is 0. The molecular weight excluding hydrogens is 241 g/mol. The molecule has 4 saturated carbocycles. The summed E-state index contributed by atoms with van der Waals surface area (Å²) in [4.78, 5) is 12.2. The molecule has 0 aromatic carbocycles. The van der Waals surface area contributed by atoms with E-state index in [-0.39, 0.29) is 17.6 Å². The van der Waals surface area contributed by atoms with Crippen molar-refractivity contribution in [3.8, 4) is 0 Å². The van der Waals surface area contributed by atoms with Gasteiger partial charge in [0.25, 0.3) is 0 Å². The van der Waals surface area contributed by atoms with Crippen LogP contribution in [-0.4, -0.2) is 12.0 Å². The van der Waals surface area contributed by atoms with Gasteiger partial charge in [-0.1, -0.05) is 0 Å². The van der Waals surface area contributed by atoms with Crippen molar-refractivity contribution in [2.45, 2.75) is 57.5 Å². The smallest absolute Gasteiger partial charge is 0.299 e. The Balaban J connectivity index is 1.69. The van der Waals surface area contributed by atoms with Gasteiger partial charge >= 0.3 is 6.18 Å². The third kappa shape index (κ3) is 2.19. The van der Waals surface area contributed by atoms with Gasteiger partial charge < -0.3 is 0 Å². The second kappa shape index (κ2) is 3.97. The summed E-state index contributed by atoms with van der Waals surface area (Å²) in [5, 5.41) is 0. The van der Waals surface area contributed by atoms with Crippen LogP contribution in [0.1, 0.15) is 51.4 Å². The summed E-state index contributed by atoms with van der Waals surface area (Å²) in [5.41, 5.74) is -0.361. The van der Waals surface area contributed by atoms with Gasteiger partial charge in [-0.3, -0.25) is 4.79 Å². The zero-order chi connectivity index (χ0) is 13.0. The number of alkyl halides is 3.